The smallest absolute Gasteiger partial charge is 0.276 e. The van der Waals surface area contributed by atoms with E-state index in [-0.39, 0.29) is 61.2 Å². The summed E-state index contributed by atoms with van der Waals surface area (Å²) in [5.74, 6) is -2.48. The lowest BCUT2D eigenvalue weighted by molar-refractivity contribution is -0.117. The number of aromatic nitrogens is 3. The van der Waals surface area contributed by atoms with E-state index in [1.54, 1.807) is 13.0 Å². The van der Waals surface area contributed by atoms with Gasteiger partial charge < -0.3 is 16.0 Å². The summed E-state index contributed by atoms with van der Waals surface area (Å²) in [5, 5.41) is 8.65. The average Bonchev–Trinajstić information content (AvgIpc) is 3.68. The van der Waals surface area contributed by atoms with Gasteiger partial charge in [0.15, 0.2) is 0 Å². The fraction of sp³-hybridized carbons (Fsp3) is 0.522. The molecule has 0 aromatic carbocycles. The molecular formula is C23H24F2N6O3. The molecule has 0 unspecified atom stereocenters. The van der Waals surface area contributed by atoms with Crippen LogP contribution >= 0.6 is 0 Å². The molecule has 11 heteroatoms. The second-order valence-corrected chi connectivity index (χ2v) is 10.1. The molecule has 0 saturated heterocycles. The fourth-order valence-corrected chi connectivity index (χ4v) is 5.47. The van der Waals surface area contributed by atoms with Gasteiger partial charge in [-0.2, -0.15) is 0 Å². The minimum absolute atomic E-state index is 0.0156. The van der Waals surface area contributed by atoms with Crippen molar-refractivity contribution in [2.45, 2.75) is 63.5 Å². The molecule has 0 radical (unpaired) electrons. The maximum atomic E-state index is 13.9. The van der Waals surface area contributed by atoms with Gasteiger partial charge in [0.2, 0.25) is 5.91 Å². The maximum absolute atomic E-state index is 13.9. The molecule has 3 heterocycles. The Balaban J connectivity index is 1.31. The molecule has 2 aromatic rings. The van der Waals surface area contributed by atoms with Crippen molar-refractivity contribution in [3.05, 3.63) is 40.1 Å². The van der Waals surface area contributed by atoms with E-state index in [1.807, 2.05) is 0 Å². The highest BCUT2D eigenvalue weighted by molar-refractivity contribution is 5.97. The van der Waals surface area contributed by atoms with Crippen molar-refractivity contribution < 1.29 is 18.4 Å². The Hall–Kier alpha value is -3.37. The van der Waals surface area contributed by atoms with Gasteiger partial charge in [-0.15, -0.1) is 0 Å². The molecule has 34 heavy (non-hydrogen) atoms. The number of pyridine rings is 1. The lowest BCUT2D eigenvalue weighted by Crippen LogP contribution is -2.50. The van der Waals surface area contributed by atoms with Gasteiger partial charge in [0.25, 0.3) is 17.4 Å². The van der Waals surface area contributed by atoms with Gasteiger partial charge in [-0.1, -0.05) is 0 Å². The molecule has 3 fully saturated rings. The number of hydrogen-bond acceptors (Lipinski definition) is 6. The van der Waals surface area contributed by atoms with E-state index < -0.39 is 22.6 Å². The zero-order chi connectivity index (χ0) is 23.9. The second kappa shape index (κ2) is 6.83. The topological polar surface area (TPSA) is 118 Å². The van der Waals surface area contributed by atoms with Gasteiger partial charge in [0, 0.05) is 23.8 Å². The number of rotatable bonds is 4. The quantitative estimate of drug-likeness (QED) is 0.632. The van der Waals surface area contributed by atoms with Crippen molar-refractivity contribution in [1.29, 1.82) is 0 Å². The van der Waals surface area contributed by atoms with Crippen molar-refractivity contribution in [1.82, 2.24) is 19.9 Å². The number of nitrogens with one attached hydrogen (secondary N) is 3. The second-order valence-electron chi connectivity index (χ2n) is 10.1. The van der Waals surface area contributed by atoms with Gasteiger partial charge >= 0.3 is 0 Å². The van der Waals surface area contributed by atoms with Crippen molar-refractivity contribution >= 4 is 29.1 Å². The van der Waals surface area contributed by atoms with E-state index in [0.29, 0.717) is 17.2 Å². The van der Waals surface area contributed by atoms with Gasteiger partial charge in [-0.3, -0.25) is 19.0 Å². The van der Waals surface area contributed by atoms with Crippen LogP contribution in [-0.4, -0.2) is 32.3 Å². The average molecular weight is 470 g/mol. The first-order valence-electron chi connectivity index (χ1n) is 11.5. The molecule has 3 saturated carbocycles. The highest BCUT2D eigenvalue weighted by Crippen LogP contribution is 2.68. The molecule has 3 aliphatic carbocycles. The number of fused-ring (bicyclic) bond motifs is 2. The summed E-state index contributed by atoms with van der Waals surface area (Å²) in [5.41, 5.74) is -1.39. The van der Waals surface area contributed by atoms with Crippen LogP contribution in [0.3, 0.4) is 0 Å². The van der Waals surface area contributed by atoms with Gasteiger partial charge in [-0.25, -0.2) is 18.7 Å². The molecule has 0 bridgehead atoms. The Kier molecular flexibility index (Phi) is 4.26. The fourth-order valence-electron chi connectivity index (χ4n) is 5.47. The number of nitrogens with zero attached hydrogens (tertiary/aromatic N) is 3. The van der Waals surface area contributed by atoms with Gasteiger partial charge in [0.05, 0.1) is 0 Å². The number of carbonyl (C=O) groups excluding carboxylic acids is 2. The summed E-state index contributed by atoms with van der Waals surface area (Å²) < 4.78 is 29.3. The van der Waals surface area contributed by atoms with Crippen molar-refractivity contribution in [3.63, 3.8) is 0 Å². The van der Waals surface area contributed by atoms with Crippen molar-refractivity contribution in [2.75, 3.05) is 10.6 Å². The van der Waals surface area contributed by atoms with Crippen LogP contribution in [0.25, 0.3) is 0 Å². The van der Waals surface area contributed by atoms with Crippen LogP contribution < -0.4 is 21.5 Å². The monoisotopic (exact) mass is 470 g/mol. The van der Waals surface area contributed by atoms with Crippen LogP contribution in [-0.2, 0) is 10.5 Å². The maximum Gasteiger partial charge on any atom is 0.276 e. The van der Waals surface area contributed by atoms with Crippen LogP contribution in [0.4, 0.5) is 26.1 Å². The SMILES string of the molecule is Cc1cc(Nc2cc(NC(=O)C3CC3)ncn2)c(=O)n2c1C(=O)NC21CCC2(CC1)CC2(F)F. The molecule has 2 spiro atoms. The molecule has 2 aromatic heterocycles. The van der Waals surface area contributed by atoms with Crippen LogP contribution in [0.5, 0.6) is 0 Å². The molecule has 6 rings (SSSR count). The van der Waals surface area contributed by atoms with E-state index in [1.165, 1.54) is 17.0 Å². The first kappa shape index (κ1) is 21.2. The summed E-state index contributed by atoms with van der Waals surface area (Å²) in [6, 6.07) is 3.11. The molecule has 9 nitrogen and oxygen atoms in total. The third-order valence-corrected chi connectivity index (χ3v) is 7.76. The highest BCUT2D eigenvalue weighted by Gasteiger charge is 2.72. The third kappa shape index (κ3) is 3.13. The van der Waals surface area contributed by atoms with Gasteiger partial charge in [-0.05, 0) is 57.1 Å². The first-order chi connectivity index (χ1) is 16.1. The zero-order valence-electron chi connectivity index (χ0n) is 18.6. The summed E-state index contributed by atoms with van der Waals surface area (Å²) in [6.45, 7) is 1.73. The molecule has 0 atom stereocenters. The lowest BCUT2D eigenvalue weighted by Gasteiger charge is -2.39. The largest absolute Gasteiger partial charge is 0.336 e. The van der Waals surface area contributed by atoms with E-state index in [9.17, 15) is 23.2 Å². The number of halogens is 2. The number of amides is 2. The molecular weight excluding hydrogens is 446 g/mol. The molecule has 4 aliphatic rings. The van der Waals surface area contributed by atoms with Crippen LogP contribution in [0.2, 0.25) is 0 Å². The third-order valence-electron chi connectivity index (χ3n) is 7.76. The normalized spacial score (nSPS) is 28.5. The number of alkyl halides is 2. The van der Waals surface area contributed by atoms with E-state index in [0.717, 1.165) is 12.8 Å². The van der Waals surface area contributed by atoms with Crippen LogP contribution in [0, 0.1) is 18.3 Å². The highest BCUT2D eigenvalue weighted by atomic mass is 19.3. The number of carbonyl (C=O) groups is 2. The summed E-state index contributed by atoms with van der Waals surface area (Å²) in [7, 11) is 0. The Labute approximate surface area is 193 Å². The lowest BCUT2D eigenvalue weighted by atomic mass is 9.79. The molecule has 2 amide bonds. The summed E-state index contributed by atoms with van der Waals surface area (Å²) in [4.78, 5) is 46.6. The molecule has 178 valence electrons. The predicted molar refractivity (Wildman–Crippen MR) is 118 cm³/mol. The molecule has 1 aliphatic heterocycles. The van der Waals surface area contributed by atoms with E-state index >= 15 is 0 Å². The van der Waals surface area contributed by atoms with Crippen molar-refractivity contribution in [2.24, 2.45) is 11.3 Å². The number of anilines is 3. The minimum Gasteiger partial charge on any atom is -0.336 e. The van der Waals surface area contributed by atoms with Crippen molar-refractivity contribution in [3.8, 4) is 0 Å². The Morgan fingerprint density at radius 2 is 1.79 bits per heavy atom. The standard InChI is InChI=1S/C23H24F2N6O3/c1-12-8-14(28-15-9-16(27-11-26-15)29-18(32)13-2-3-13)20(34)31-17(12)19(33)30-22(31)6-4-21(5-7-22)10-23(21,24)25/h8-9,11,13H,2-7,10H2,1H3,(H,30,33)(H2,26,27,28,29,32). The number of hydrogen-bond donors (Lipinski definition) is 3. The zero-order valence-corrected chi connectivity index (χ0v) is 18.6. The minimum atomic E-state index is -2.66. The van der Waals surface area contributed by atoms with Crippen LogP contribution in [0.1, 0.15) is 61.0 Å². The van der Waals surface area contributed by atoms with E-state index in [4.69, 9.17) is 0 Å². The summed E-state index contributed by atoms with van der Waals surface area (Å²) >= 11 is 0. The Morgan fingerprint density at radius 1 is 1.12 bits per heavy atom. The first-order valence-corrected chi connectivity index (χ1v) is 11.5. The molecule has 3 N–H and O–H groups in total. The van der Waals surface area contributed by atoms with E-state index in [2.05, 4.69) is 25.9 Å². The Bertz CT molecular complexity index is 1290. The predicted octanol–water partition coefficient (Wildman–Crippen LogP) is 3.03. The summed E-state index contributed by atoms with van der Waals surface area (Å²) in [6.07, 6.45) is 3.92. The Morgan fingerprint density at radius 3 is 2.44 bits per heavy atom. The van der Waals surface area contributed by atoms with Crippen LogP contribution in [0.15, 0.2) is 23.3 Å². The van der Waals surface area contributed by atoms with Gasteiger partial charge in [0.1, 0.15) is 35.0 Å². The number of aryl methyl sites for hydroxylation is 1.